The number of carbonyl (C=O) groups is 3. The molecule has 2 aliphatic rings. The fraction of sp³-hybridized carbons (Fsp3) is 0.444. The quantitative estimate of drug-likeness (QED) is 0.478. The van der Waals surface area contributed by atoms with Crippen molar-refractivity contribution in [2.24, 2.45) is 5.92 Å². The minimum atomic E-state index is -0.956. The fourth-order valence-electron chi connectivity index (χ4n) is 4.94. The van der Waals surface area contributed by atoms with E-state index in [2.05, 4.69) is 34.9 Å². The topological polar surface area (TPSA) is 114 Å². The molecule has 0 bridgehead atoms. The number of benzene rings is 2. The van der Waals surface area contributed by atoms with Gasteiger partial charge in [-0.3, -0.25) is 9.59 Å². The summed E-state index contributed by atoms with van der Waals surface area (Å²) in [6.45, 7) is 2.55. The summed E-state index contributed by atoms with van der Waals surface area (Å²) >= 11 is 0. The van der Waals surface area contributed by atoms with Crippen LogP contribution in [0.3, 0.4) is 0 Å². The molecule has 8 nitrogen and oxygen atoms in total. The van der Waals surface area contributed by atoms with Crippen molar-refractivity contribution in [2.45, 2.75) is 50.6 Å². The monoisotopic (exact) mass is 480 g/mol. The average Bonchev–Trinajstić information content (AvgIpc) is 3.43. The lowest BCUT2D eigenvalue weighted by molar-refractivity contribution is -0.137. The summed E-state index contributed by atoms with van der Waals surface area (Å²) in [6, 6.07) is 15.2. The molecule has 1 aliphatic heterocycles. The van der Waals surface area contributed by atoms with Crippen molar-refractivity contribution >= 4 is 18.0 Å². The Morgan fingerprint density at radius 1 is 1.06 bits per heavy atom. The van der Waals surface area contributed by atoms with E-state index < -0.39 is 30.1 Å². The minimum Gasteiger partial charge on any atom is -0.481 e. The number of alkyl carbamates (subject to hydrolysis) is 1. The van der Waals surface area contributed by atoms with Gasteiger partial charge in [0.25, 0.3) is 0 Å². The Kier molecular flexibility index (Phi) is 8.02. The Bertz CT molecular complexity index is 1030. The molecule has 186 valence electrons. The molecular weight excluding hydrogens is 448 g/mol. The van der Waals surface area contributed by atoms with Gasteiger partial charge in [0, 0.05) is 12.0 Å². The maximum Gasteiger partial charge on any atom is 0.407 e. The second-order valence-electron chi connectivity index (χ2n) is 9.17. The highest BCUT2D eigenvalue weighted by Crippen LogP contribution is 2.44. The number of nitrogens with one attached hydrogen (secondary N) is 2. The number of hydrogen-bond donors (Lipinski definition) is 3. The maximum absolute atomic E-state index is 12.9. The normalized spacial score (nSPS) is 19.5. The van der Waals surface area contributed by atoms with E-state index in [0.717, 1.165) is 35.1 Å². The Hall–Kier alpha value is -3.39. The average molecular weight is 481 g/mol. The standard InChI is InChI=1S/C27H32N2O6/c1-2-3-8-17(13-25(30)31)28-26(32)23-14-34-16-24(23)29-27(33)35-15-22-20-11-6-4-9-18(20)19-10-5-7-12-21(19)22/h4-7,9-12,17,22-24H,2-3,8,13-16H2,1H3,(H,28,32)(H,29,33)(H,30,31)/t17-,23?,24?/m0/s1. The van der Waals surface area contributed by atoms with Crippen LogP contribution in [0.2, 0.25) is 0 Å². The van der Waals surface area contributed by atoms with Crippen LogP contribution in [0.1, 0.15) is 49.7 Å². The van der Waals surface area contributed by atoms with Gasteiger partial charge in [-0.15, -0.1) is 0 Å². The van der Waals surface area contributed by atoms with E-state index >= 15 is 0 Å². The number of rotatable bonds is 10. The number of fused-ring (bicyclic) bond motifs is 3. The number of carboxylic acids is 1. The molecule has 2 unspecified atom stereocenters. The van der Waals surface area contributed by atoms with Crippen LogP contribution < -0.4 is 10.6 Å². The van der Waals surface area contributed by atoms with Crippen molar-refractivity contribution < 1.29 is 29.0 Å². The molecule has 2 aromatic carbocycles. The highest BCUT2D eigenvalue weighted by molar-refractivity contribution is 5.82. The van der Waals surface area contributed by atoms with E-state index in [4.69, 9.17) is 14.6 Å². The SMILES string of the molecule is CCCC[C@@H](CC(=O)O)NC(=O)C1COCC1NC(=O)OCC1c2ccccc2-c2ccccc21. The molecule has 0 saturated carbocycles. The van der Waals surface area contributed by atoms with Crippen molar-refractivity contribution in [1.29, 1.82) is 0 Å². The molecule has 0 radical (unpaired) electrons. The van der Waals surface area contributed by atoms with Gasteiger partial charge in [0.1, 0.15) is 6.61 Å². The number of aliphatic carboxylic acids is 1. The van der Waals surface area contributed by atoms with Crippen molar-refractivity contribution in [2.75, 3.05) is 19.8 Å². The second-order valence-corrected chi connectivity index (χ2v) is 9.17. The van der Waals surface area contributed by atoms with Crippen LogP contribution in [0.15, 0.2) is 48.5 Å². The van der Waals surface area contributed by atoms with Gasteiger partial charge in [-0.25, -0.2) is 4.79 Å². The Morgan fingerprint density at radius 3 is 2.34 bits per heavy atom. The van der Waals surface area contributed by atoms with Crippen molar-refractivity contribution in [3.63, 3.8) is 0 Å². The van der Waals surface area contributed by atoms with Crippen molar-refractivity contribution in [3.8, 4) is 11.1 Å². The van der Waals surface area contributed by atoms with Crippen LogP contribution in [-0.4, -0.2) is 55.0 Å². The third-order valence-electron chi connectivity index (χ3n) is 6.74. The molecule has 35 heavy (non-hydrogen) atoms. The Morgan fingerprint density at radius 2 is 1.71 bits per heavy atom. The Labute approximate surface area is 205 Å². The molecule has 3 N–H and O–H groups in total. The molecule has 1 fully saturated rings. The van der Waals surface area contributed by atoms with Crippen LogP contribution in [0, 0.1) is 5.92 Å². The molecule has 2 amide bonds. The summed E-state index contributed by atoms with van der Waals surface area (Å²) in [6.07, 6.45) is 1.58. The van der Waals surface area contributed by atoms with Gasteiger partial charge in [-0.2, -0.15) is 0 Å². The highest BCUT2D eigenvalue weighted by atomic mass is 16.5. The minimum absolute atomic E-state index is 0.0533. The van der Waals surface area contributed by atoms with Gasteiger partial charge in [-0.1, -0.05) is 68.3 Å². The summed E-state index contributed by atoms with van der Waals surface area (Å²) in [4.78, 5) is 36.7. The number of amides is 2. The number of ether oxygens (including phenoxy) is 2. The molecule has 1 aliphatic carbocycles. The molecule has 0 spiro atoms. The zero-order chi connectivity index (χ0) is 24.8. The van der Waals surface area contributed by atoms with Gasteiger partial charge < -0.3 is 25.2 Å². The first kappa shape index (κ1) is 24.7. The van der Waals surface area contributed by atoms with Gasteiger partial charge in [-0.05, 0) is 28.7 Å². The van der Waals surface area contributed by atoms with E-state index in [1.807, 2.05) is 31.2 Å². The lowest BCUT2D eigenvalue weighted by atomic mass is 9.98. The zero-order valence-electron chi connectivity index (χ0n) is 19.9. The molecule has 0 aromatic heterocycles. The smallest absolute Gasteiger partial charge is 0.407 e. The summed E-state index contributed by atoms with van der Waals surface area (Å²) in [7, 11) is 0. The molecule has 4 rings (SSSR count). The first-order chi connectivity index (χ1) is 17.0. The number of unbranched alkanes of at least 4 members (excludes halogenated alkanes) is 1. The number of carbonyl (C=O) groups excluding carboxylic acids is 2. The van der Waals surface area contributed by atoms with Crippen molar-refractivity contribution in [1.82, 2.24) is 10.6 Å². The van der Waals surface area contributed by atoms with Gasteiger partial charge in [0.15, 0.2) is 0 Å². The van der Waals surface area contributed by atoms with Crippen LogP contribution in [-0.2, 0) is 19.1 Å². The van der Waals surface area contributed by atoms with Gasteiger partial charge in [0.05, 0.1) is 31.6 Å². The fourth-order valence-corrected chi connectivity index (χ4v) is 4.94. The summed E-state index contributed by atoms with van der Waals surface area (Å²) in [5, 5.41) is 14.8. The lowest BCUT2D eigenvalue weighted by Crippen LogP contribution is -2.49. The molecule has 8 heteroatoms. The first-order valence-electron chi connectivity index (χ1n) is 12.2. The van der Waals surface area contributed by atoms with Crippen LogP contribution in [0.4, 0.5) is 4.79 Å². The first-order valence-corrected chi connectivity index (χ1v) is 12.2. The van der Waals surface area contributed by atoms with Gasteiger partial charge in [0.2, 0.25) is 5.91 Å². The largest absolute Gasteiger partial charge is 0.481 e. The maximum atomic E-state index is 12.9. The van der Waals surface area contributed by atoms with E-state index in [1.54, 1.807) is 0 Å². The summed E-state index contributed by atoms with van der Waals surface area (Å²) < 4.78 is 11.1. The van der Waals surface area contributed by atoms with E-state index in [1.165, 1.54) is 0 Å². The molecule has 2 aromatic rings. The Balaban J connectivity index is 1.34. The molecule has 3 atom stereocenters. The lowest BCUT2D eigenvalue weighted by Gasteiger charge is -2.23. The highest BCUT2D eigenvalue weighted by Gasteiger charge is 2.37. The van der Waals surface area contributed by atoms with Crippen molar-refractivity contribution in [3.05, 3.63) is 59.7 Å². The third kappa shape index (κ3) is 5.82. The predicted molar refractivity (Wildman–Crippen MR) is 130 cm³/mol. The van der Waals surface area contributed by atoms with E-state index in [9.17, 15) is 14.4 Å². The second kappa shape index (κ2) is 11.4. The molecular formula is C27H32N2O6. The van der Waals surface area contributed by atoms with Crippen LogP contribution >= 0.6 is 0 Å². The number of hydrogen-bond acceptors (Lipinski definition) is 5. The summed E-state index contributed by atoms with van der Waals surface area (Å²) in [5.74, 6) is -1.92. The predicted octanol–water partition coefficient (Wildman–Crippen LogP) is 3.69. The summed E-state index contributed by atoms with van der Waals surface area (Å²) in [5.41, 5.74) is 4.55. The third-order valence-corrected chi connectivity index (χ3v) is 6.74. The molecule has 1 heterocycles. The number of carboxylic acid groups (broad SMARTS) is 1. The van der Waals surface area contributed by atoms with Crippen LogP contribution in [0.25, 0.3) is 11.1 Å². The van der Waals surface area contributed by atoms with E-state index in [0.29, 0.717) is 6.42 Å². The van der Waals surface area contributed by atoms with E-state index in [-0.39, 0.29) is 38.1 Å². The van der Waals surface area contributed by atoms with Gasteiger partial charge >= 0.3 is 12.1 Å². The molecule has 1 saturated heterocycles. The zero-order valence-corrected chi connectivity index (χ0v) is 19.9. The van der Waals surface area contributed by atoms with Crippen LogP contribution in [0.5, 0.6) is 0 Å².